The van der Waals surface area contributed by atoms with Crippen molar-refractivity contribution in [2.24, 2.45) is 0 Å². The Balaban J connectivity index is 1.77. The first-order valence-electron chi connectivity index (χ1n) is 6.82. The van der Waals surface area contributed by atoms with E-state index in [2.05, 4.69) is 35.9 Å². The van der Waals surface area contributed by atoms with Crippen LogP contribution in [0.3, 0.4) is 0 Å². The number of amides is 1. The lowest BCUT2D eigenvalue weighted by Gasteiger charge is -2.09. The molecule has 10 heteroatoms. The zero-order valence-corrected chi connectivity index (χ0v) is 12.2. The summed E-state index contributed by atoms with van der Waals surface area (Å²) in [4.78, 5) is 33.0. The van der Waals surface area contributed by atoms with E-state index in [0.29, 0.717) is 10.2 Å². The van der Waals surface area contributed by atoms with E-state index in [9.17, 15) is 9.59 Å². The molecule has 3 N–H and O–H groups in total. The molecule has 1 amide bonds. The standard InChI is InChI=1S/C12H11N7O2S/c20-9-7-5-3-1-2-4-6(5)22-11(7)14-8(13-9)10(21)15-12-16-18-19-17-12/h1-4H2,(H,13,14,20)(H2,15,16,17,18,19,21). The number of nitrogens with one attached hydrogen (secondary N) is 3. The highest BCUT2D eigenvalue weighted by Gasteiger charge is 2.21. The minimum atomic E-state index is -0.577. The third-order valence-corrected chi connectivity index (χ3v) is 4.80. The fourth-order valence-electron chi connectivity index (χ4n) is 2.65. The molecule has 0 aromatic carbocycles. The molecule has 22 heavy (non-hydrogen) atoms. The lowest BCUT2D eigenvalue weighted by molar-refractivity contribution is 0.101. The van der Waals surface area contributed by atoms with E-state index >= 15 is 0 Å². The second-order valence-electron chi connectivity index (χ2n) is 5.00. The number of hydrogen-bond donors (Lipinski definition) is 3. The second-order valence-corrected chi connectivity index (χ2v) is 6.08. The van der Waals surface area contributed by atoms with Crippen molar-refractivity contribution in [2.75, 3.05) is 5.32 Å². The number of aromatic amines is 2. The third-order valence-electron chi connectivity index (χ3n) is 3.61. The Hall–Kier alpha value is -2.62. The zero-order valence-electron chi connectivity index (χ0n) is 11.3. The van der Waals surface area contributed by atoms with Crippen LogP contribution in [0.2, 0.25) is 0 Å². The van der Waals surface area contributed by atoms with Gasteiger partial charge in [-0.3, -0.25) is 14.9 Å². The van der Waals surface area contributed by atoms with E-state index in [1.807, 2.05) is 0 Å². The number of anilines is 1. The van der Waals surface area contributed by atoms with Gasteiger partial charge >= 0.3 is 0 Å². The molecule has 112 valence electrons. The number of hydrogen-bond acceptors (Lipinski definition) is 7. The molecule has 1 aliphatic rings. The molecule has 0 radical (unpaired) electrons. The van der Waals surface area contributed by atoms with Crippen LogP contribution in [-0.4, -0.2) is 36.5 Å². The van der Waals surface area contributed by atoms with Crippen LogP contribution in [0.5, 0.6) is 0 Å². The quantitative estimate of drug-likeness (QED) is 0.635. The van der Waals surface area contributed by atoms with Crippen LogP contribution in [0.15, 0.2) is 4.79 Å². The fourth-order valence-corrected chi connectivity index (χ4v) is 3.91. The van der Waals surface area contributed by atoms with Crippen LogP contribution in [0, 0.1) is 0 Å². The van der Waals surface area contributed by atoms with Crippen molar-refractivity contribution in [1.29, 1.82) is 0 Å². The van der Waals surface area contributed by atoms with Gasteiger partial charge in [0, 0.05) is 4.88 Å². The predicted molar refractivity (Wildman–Crippen MR) is 79.0 cm³/mol. The lowest BCUT2D eigenvalue weighted by atomic mass is 9.97. The van der Waals surface area contributed by atoms with E-state index in [1.165, 1.54) is 16.2 Å². The van der Waals surface area contributed by atoms with Gasteiger partial charge < -0.3 is 4.98 Å². The van der Waals surface area contributed by atoms with Gasteiger partial charge in [0.25, 0.3) is 17.4 Å². The number of fused-ring (bicyclic) bond motifs is 3. The fraction of sp³-hybridized carbons (Fsp3) is 0.333. The van der Waals surface area contributed by atoms with Crippen LogP contribution in [0.4, 0.5) is 5.95 Å². The van der Waals surface area contributed by atoms with Gasteiger partial charge in [-0.1, -0.05) is 5.10 Å². The molecule has 0 bridgehead atoms. The molecule has 3 aromatic heterocycles. The Labute approximate surface area is 127 Å². The number of tetrazole rings is 1. The third kappa shape index (κ3) is 2.08. The molecule has 3 heterocycles. The minimum Gasteiger partial charge on any atom is -0.302 e. The summed E-state index contributed by atoms with van der Waals surface area (Å²) >= 11 is 1.49. The molecule has 1 aliphatic carbocycles. The van der Waals surface area contributed by atoms with Gasteiger partial charge in [-0.25, -0.2) is 4.98 Å². The van der Waals surface area contributed by atoms with Gasteiger partial charge in [-0.2, -0.15) is 5.21 Å². The Bertz CT molecular complexity index is 912. The minimum absolute atomic E-state index is 0.0261. The van der Waals surface area contributed by atoms with Crippen molar-refractivity contribution < 1.29 is 4.79 Å². The Morgan fingerprint density at radius 1 is 1.27 bits per heavy atom. The number of carbonyl (C=O) groups excluding carboxylic acids is 1. The zero-order chi connectivity index (χ0) is 15.1. The van der Waals surface area contributed by atoms with Crippen molar-refractivity contribution in [3.63, 3.8) is 0 Å². The molecule has 0 atom stereocenters. The smallest absolute Gasteiger partial charge is 0.294 e. The number of aryl methyl sites for hydroxylation is 2. The van der Waals surface area contributed by atoms with Gasteiger partial charge in [0.15, 0.2) is 0 Å². The van der Waals surface area contributed by atoms with Crippen molar-refractivity contribution in [1.82, 2.24) is 30.6 Å². The Morgan fingerprint density at radius 3 is 2.95 bits per heavy atom. The number of aromatic nitrogens is 6. The first-order valence-corrected chi connectivity index (χ1v) is 7.63. The summed E-state index contributed by atoms with van der Waals surface area (Å²) in [5.41, 5.74) is 0.813. The van der Waals surface area contributed by atoms with Gasteiger partial charge in [0.05, 0.1) is 5.39 Å². The summed E-state index contributed by atoms with van der Waals surface area (Å²) in [6, 6.07) is 0. The van der Waals surface area contributed by atoms with Crippen LogP contribution < -0.4 is 10.9 Å². The maximum atomic E-state index is 12.3. The van der Waals surface area contributed by atoms with Crippen molar-refractivity contribution in [2.45, 2.75) is 25.7 Å². The summed E-state index contributed by atoms with van der Waals surface area (Å²) in [6.07, 6.45) is 4.08. The van der Waals surface area contributed by atoms with Gasteiger partial charge in [0.1, 0.15) is 4.83 Å². The maximum Gasteiger partial charge on any atom is 0.294 e. The molecule has 0 saturated heterocycles. The second kappa shape index (κ2) is 4.98. The molecule has 0 saturated carbocycles. The predicted octanol–water partition coefficient (Wildman–Crippen LogP) is 0.629. The first kappa shape index (κ1) is 13.1. The van der Waals surface area contributed by atoms with Crippen LogP contribution >= 0.6 is 11.3 Å². The van der Waals surface area contributed by atoms with Crippen molar-refractivity contribution in [3.05, 3.63) is 26.6 Å². The highest BCUT2D eigenvalue weighted by Crippen LogP contribution is 2.33. The molecular weight excluding hydrogens is 306 g/mol. The topological polar surface area (TPSA) is 129 Å². The van der Waals surface area contributed by atoms with Gasteiger partial charge in [-0.15, -0.1) is 16.4 Å². The number of H-pyrrole nitrogens is 2. The SMILES string of the molecule is O=C(Nc1nn[nH]n1)c1nc2sc3c(c2c(=O)[nH]1)CCCC3. The lowest BCUT2D eigenvalue weighted by Crippen LogP contribution is -2.21. The monoisotopic (exact) mass is 317 g/mol. The molecule has 0 spiro atoms. The summed E-state index contributed by atoms with van der Waals surface area (Å²) in [5.74, 6) is -0.606. The highest BCUT2D eigenvalue weighted by atomic mass is 32.1. The van der Waals surface area contributed by atoms with E-state index in [1.54, 1.807) is 0 Å². The molecule has 0 unspecified atom stereocenters. The number of carbonyl (C=O) groups is 1. The molecule has 0 fully saturated rings. The summed E-state index contributed by atoms with van der Waals surface area (Å²) < 4.78 is 0. The van der Waals surface area contributed by atoms with Gasteiger partial charge in [0.2, 0.25) is 5.82 Å². The molecule has 9 nitrogen and oxygen atoms in total. The number of thiophene rings is 1. The molecule has 0 aliphatic heterocycles. The van der Waals surface area contributed by atoms with Crippen LogP contribution in [-0.2, 0) is 12.8 Å². The largest absolute Gasteiger partial charge is 0.302 e. The average molecular weight is 317 g/mol. The summed E-state index contributed by atoms with van der Waals surface area (Å²) in [5, 5.41) is 15.8. The van der Waals surface area contributed by atoms with E-state index in [-0.39, 0.29) is 17.3 Å². The average Bonchev–Trinajstić information content (AvgIpc) is 3.13. The summed E-state index contributed by atoms with van der Waals surface area (Å²) in [7, 11) is 0. The van der Waals surface area contributed by atoms with Crippen LogP contribution in [0.25, 0.3) is 10.2 Å². The maximum absolute atomic E-state index is 12.3. The first-order chi connectivity index (χ1) is 10.7. The molecular formula is C12H11N7O2S. The number of nitrogens with zero attached hydrogens (tertiary/aromatic N) is 4. The number of rotatable bonds is 2. The van der Waals surface area contributed by atoms with Gasteiger partial charge in [-0.05, 0) is 36.5 Å². The van der Waals surface area contributed by atoms with E-state index in [0.717, 1.165) is 31.2 Å². The molecule has 4 rings (SSSR count). The Kier molecular flexibility index (Phi) is 2.96. The van der Waals surface area contributed by atoms with E-state index in [4.69, 9.17) is 0 Å². The normalized spacial score (nSPS) is 14.0. The Morgan fingerprint density at radius 2 is 2.14 bits per heavy atom. The van der Waals surface area contributed by atoms with Crippen molar-refractivity contribution in [3.8, 4) is 0 Å². The highest BCUT2D eigenvalue weighted by molar-refractivity contribution is 7.18. The van der Waals surface area contributed by atoms with E-state index < -0.39 is 5.91 Å². The molecule has 3 aromatic rings. The van der Waals surface area contributed by atoms with Crippen molar-refractivity contribution >= 4 is 33.4 Å². The van der Waals surface area contributed by atoms with Crippen LogP contribution in [0.1, 0.15) is 33.9 Å². The summed E-state index contributed by atoms with van der Waals surface area (Å²) in [6.45, 7) is 0.